The van der Waals surface area contributed by atoms with Crippen LogP contribution in [0.4, 0.5) is 17.6 Å². The Morgan fingerprint density at radius 2 is 2.00 bits per heavy atom. The van der Waals surface area contributed by atoms with Gasteiger partial charge >= 0.3 is 5.69 Å². The number of hydrogen-bond donors (Lipinski definition) is 3. The fourth-order valence-electron chi connectivity index (χ4n) is 2.82. The molecule has 0 spiro atoms. The molecule has 1 unspecified atom stereocenters. The first-order valence-corrected chi connectivity index (χ1v) is 9.43. The van der Waals surface area contributed by atoms with Crippen molar-refractivity contribution in [3.05, 3.63) is 70.1 Å². The van der Waals surface area contributed by atoms with Gasteiger partial charge in [-0.2, -0.15) is 9.97 Å². The van der Waals surface area contributed by atoms with Crippen molar-refractivity contribution >= 4 is 39.1 Å². The number of nitrogens with zero attached hydrogens (tertiary/aromatic N) is 3. The minimum atomic E-state index is -0.458. The third-order valence-electron chi connectivity index (χ3n) is 4.00. The molecule has 136 valence electrons. The molecule has 3 N–H and O–H groups in total. The van der Waals surface area contributed by atoms with Crippen LogP contribution in [0.15, 0.2) is 58.8 Å². The third kappa shape index (κ3) is 4.29. The van der Waals surface area contributed by atoms with Crippen LogP contribution in [0.1, 0.15) is 12.5 Å². The molecule has 1 atom stereocenters. The van der Waals surface area contributed by atoms with Crippen molar-refractivity contribution in [2.75, 3.05) is 10.6 Å². The van der Waals surface area contributed by atoms with Crippen molar-refractivity contribution in [1.82, 2.24) is 19.9 Å². The van der Waals surface area contributed by atoms with Crippen LogP contribution in [0.2, 0.25) is 0 Å². The average Bonchev–Trinajstić information content (AvgIpc) is 3.09. The molecule has 0 saturated heterocycles. The van der Waals surface area contributed by atoms with E-state index in [0.29, 0.717) is 11.9 Å². The van der Waals surface area contributed by atoms with Crippen molar-refractivity contribution in [3.63, 3.8) is 0 Å². The molecule has 0 saturated carbocycles. The Kier molecular flexibility index (Phi) is 4.80. The van der Waals surface area contributed by atoms with Gasteiger partial charge in [-0.15, -0.1) is 11.3 Å². The molecule has 0 aliphatic heterocycles. The van der Waals surface area contributed by atoms with E-state index in [1.807, 2.05) is 43.3 Å². The highest BCUT2D eigenvalue weighted by atomic mass is 32.1. The summed E-state index contributed by atoms with van der Waals surface area (Å²) in [4.78, 5) is 27.1. The number of nitrogens with one attached hydrogen (secondary N) is 3. The number of thiazole rings is 1. The number of H-pyrrole nitrogens is 1. The molecule has 2 aromatic carbocycles. The number of anilines is 3. The molecule has 7 nitrogen and oxygen atoms in total. The fourth-order valence-corrected chi connectivity index (χ4v) is 3.53. The zero-order valence-corrected chi connectivity index (χ0v) is 15.5. The molecule has 4 rings (SSSR count). The van der Waals surface area contributed by atoms with Crippen molar-refractivity contribution in [3.8, 4) is 0 Å². The lowest BCUT2D eigenvalue weighted by Gasteiger charge is -2.14. The van der Waals surface area contributed by atoms with Gasteiger partial charge in [0.25, 0.3) is 0 Å². The number of aromatic nitrogens is 4. The number of aromatic amines is 1. The Bertz CT molecular complexity index is 1110. The summed E-state index contributed by atoms with van der Waals surface area (Å²) in [6.07, 6.45) is 0.807. The number of hydrogen-bond acceptors (Lipinski definition) is 7. The highest BCUT2D eigenvalue weighted by Crippen LogP contribution is 2.23. The van der Waals surface area contributed by atoms with E-state index in [-0.39, 0.29) is 6.04 Å². The first-order chi connectivity index (χ1) is 13.2. The maximum atomic E-state index is 11.9. The number of rotatable bonds is 6. The van der Waals surface area contributed by atoms with Gasteiger partial charge in [0.05, 0.1) is 15.7 Å². The smallest absolute Gasteiger partial charge is 0.351 e. The van der Waals surface area contributed by atoms with Gasteiger partial charge in [0.2, 0.25) is 11.9 Å². The van der Waals surface area contributed by atoms with Gasteiger partial charge < -0.3 is 10.6 Å². The maximum absolute atomic E-state index is 11.9. The van der Waals surface area contributed by atoms with E-state index in [0.717, 1.165) is 22.3 Å². The fraction of sp³-hybridized carbons (Fsp3) is 0.158. The molecule has 0 radical (unpaired) electrons. The Balaban J connectivity index is 1.49. The molecule has 0 bridgehead atoms. The molecule has 2 heterocycles. The highest BCUT2D eigenvalue weighted by Gasteiger charge is 2.09. The molecule has 2 aromatic heterocycles. The quantitative estimate of drug-likeness (QED) is 0.475. The maximum Gasteiger partial charge on any atom is 0.351 e. The summed E-state index contributed by atoms with van der Waals surface area (Å²) in [6.45, 7) is 2.03. The molecule has 0 fully saturated rings. The topological polar surface area (TPSA) is 95.6 Å². The van der Waals surface area contributed by atoms with Crippen LogP contribution in [0.25, 0.3) is 10.2 Å². The molecule has 0 aliphatic rings. The molecular weight excluding hydrogens is 360 g/mol. The van der Waals surface area contributed by atoms with Gasteiger partial charge in [-0.3, -0.25) is 4.98 Å². The first kappa shape index (κ1) is 17.2. The zero-order valence-electron chi connectivity index (χ0n) is 14.6. The first-order valence-electron chi connectivity index (χ1n) is 8.55. The Hall–Kier alpha value is -3.26. The number of fused-ring (bicyclic) bond motifs is 1. The second-order valence-electron chi connectivity index (χ2n) is 6.22. The summed E-state index contributed by atoms with van der Waals surface area (Å²) in [6, 6.07) is 16.0. The van der Waals surface area contributed by atoms with Crippen molar-refractivity contribution < 1.29 is 0 Å². The Morgan fingerprint density at radius 3 is 2.85 bits per heavy atom. The van der Waals surface area contributed by atoms with Crippen LogP contribution in [0.3, 0.4) is 0 Å². The van der Waals surface area contributed by atoms with E-state index in [4.69, 9.17) is 0 Å². The van der Waals surface area contributed by atoms with E-state index in [9.17, 15) is 4.79 Å². The molecule has 8 heteroatoms. The van der Waals surface area contributed by atoms with E-state index >= 15 is 0 Å². The van der Waals surface area contributed by atoms with Crippen LogP contribution in [-0.4, -0.2) is 26.0 Å². The molecule has 27 heavy (non-hydrogen) atoms. The van der Waals surface area contributed by atoms with Gasteiger partial charge in [0.15, 0.2) is 0 Å². The van der Waals surface area contributed by atoms with Crippen LogP contribution in [0.5, 0.6) is 0 Å². The van der Waals surface area contributed by atoms with Gasteiger partial charge in [0.1, 0.15) is 0 Å². The third-order valence-corrected chi connectivity index (χ3v) is 4.80. The van der Waals surface area contributed by atoms with Crippen molar-refractivity contribution in [1.29, 1.82) is 0 Å². The molecule has 4 aromatic rings. The minimum Gasteiger partial charge on any atom is -0.351 e. The van der Waals surface area contributed by atoms with Crippen molar-refractivity contribution in [2.24, 2.45) is 0 Å². The van der Waals surface area contributed by atoms with Crippen LogP contribution < -0.4 is 16.3 Å². The van der Waals surface area contributed by atoms with Crippen LogP contribution >= 0.6 is 11.3 Å². The van der Waals surface area contributed by atoms with Crippen LogP contribution in [-0.2, 0) is 6.42 Å². The lowest BCUT2D eigenvalue weighted by Crippen LogP contribution is -2.24. The average molecular weight is 378 g/mol. The highest BCUT2D eigenvalue weighted by molar-refractivity contribution is 7.16. The standard InChI is InChI=1S/C19H18N6OS/c1-12(9-13-5-3-2-4-6-13)21-17-23-18(25-19(26)24-17)22-14-7-8-15-16(10-14)27-11-20-15/h2-8,10-12H,9H2,1H3,(H3,21,22,23,24,25,26). The molecule has 0 aliphatic carbocycles. The lowest BCUT2D eigenvalue weighted by molar-refractivity contribution is 0.772. The minimum absolute atomic E-state index is 0.0793. The largest absolute Gasteiger partial charge is 0.351 e. The van der Waals surface area contributed by atoms with Crippen molar-refractivity contribution in [2.45, 2.75) is 19.4 Å². The lowest BCUT2D eigenvalue weighted by atomic mass is 10.1. The summed E-state index contributed by atoms with van der Waals surface area (Å²) in [5.74, 6) is 0.636. The second kappa shape index (κ2) is 7.55. The second-order valence-corrected chi connectivity index (χ2v) is 7.11. The summed E-state index contributed by atoms with van der Waals surface area (Å²) >= 11 is 1.56. The summed E-state index contributed by atoms with van der Waals surface area (Å²) < 4.78 is 1.06. The summed E-state index contributed by atoms with van der Waals surface area (Å²) in [7, 11) is 0. The van der Waals surface area contributed by atoms with Crippen LogP contribution in [0, 0.1) is 0 Å². The molecule has 0 amide bonds. The Labute approximate surface area is 159 Å². The zero-order chi connectivity index (χ0) is 18.6. The SMILES string of the molecule is CC(Cc1ccccc1)Nc1nc(Nc2ccc3ncsc3c2)[nH]c(=O)n1. The summed E-state index contributed by atoms with van der Waals surface area (Å²) in [5, 5.41) is 6.31. The molecular formula is C19H18N6OS. The normalized spacial score (nSPS) is 12.0. The van der Waals surface area contributed by atoms with Gasteiger partial charge in [0, 0.05) is 11.7 Å². The summed E-state index contributed by atoms with van der Waals surface area (Å²) in [5.41, 5.74) is 4.32. The van der Waals surface area contributed by atoms with E-state index < -0.39 is 5.69 Å². The Morgan fingerprint density at radius 1 is 1.15 bits per heavy atom. The van der Waals surface area contributed by atoms with E-state index in [1.54, 1.807) is 16.8 Å². The monoisotopic (exact) mass is 378 g/mol. The number of benzene rings is 2. The predicted molar refractivity (Wildman–Crippen MR) is 109 cm³/mol. The predicted octanol–water partition coefficient (Wildman–Crippen LogP) is 3.56. The van der Waals surface area contributed by atoms with E-state index in [2.05, 4.69) is 42.7 Å². The van der Waals surface area contributed by atoms with Gasteiger partial charge in [-0.25, -0.2) is 9.78 Å². The van der Waals surface area contributed by atoms with Gasteiger partial charge in [-0.1, -0.05) is 30.3 Å². The van der Waals surface area contributed by atoms with E-state index in [1.165, 1.54) is 5.56 Å². The van der Waals surface area contributed by atoms with Gasteiger partial charge in [-0.05, 0) is 37.1 Å².